The first-order chi connectivity index (χ1) is 30.5. The number of thiophene rings is 2. The summed E-state index contributed by atoms with van der Waals surface area (Å²) in [6.45, 7) is 12.7. The molecule has 1 atom stereocenters. The molecule has 4 N–H and O–H groups in total. The van der Waals surface area contributed by atoms with E-state index in [-0.39, 0.29) is 28.6 Å². The van der Waals surface area contributed by atoms with Gasteiger partial charge < -0.3 is 43.8 Å². The van der Waals surface area contributed by atoms with E-state index in [2.05, 4.69) is 61.3 Å². The summed E-state index contributed by atoms with van der Waals surface area (Å²) in [5, 5.41) is 33.9. The predicted octanol–water partition coefficient (Wildman–Crippen LogP) is 10.1. The number of aryl methyl sites for hydroxylation is 1. The largest absolute Gasteiger partial charge is 0.506 e. The molecule has 0 saturated heterocycles. The molecule has 64 heavy (non-hydrogen) atoms. The molecule has 1 aliphatic carbocycles. The van der Waals surface area contributed by atoms with E-state index in [9.17, 15) is 19.8 Å². The number of carbonyl (C=O) groups is 1. The highest BCUT2D eigenvalue weighted by atomic mass is 35.5. The maximum Gasteiger partial charge on any atom is 0.347 e. The van der Waals surface area contributed by atoms with E-state index in [1.165, 1.54) is 28.7 Å². The maximum atomic E-state index is 12.9. The molecule has 1 aliphatic rings. The molecule has 342 valence electrons. The summed E-state index contributed by atoms with van der Waals surface area (Å²) in [5.41, 5.74) is 0.885. The number of H-pyrrole nitrogens is 1. The van der Waals surface area contributed by atoms with Crippen molar-refractivity contribution in [2.75, 3.05) is 27.2 Å². The minimum absolute atomic E-state index is 0.000855. The Morgan fingerprint density at radius 2 is 1.77 bits per heavy atom. The number of carboxylic acids is 1. The smallest absolute Gasteiger partial charge is 0.347 e. The molecule has 7 rings (SSSR count). The highest BCUT2D eigenvalue weighted by molar-refractivity contribution is 7.12. The molecule has 13 nitrogen and oxygen atoms in total. The van der Waals surface area contributed by atoms with Crippen LogP contribution in [0.2, 0.25) is 23.2 Å². The summed E-state index contributed by atoms with van der Waals surface area (Å²) in [6, 6.07) is 18.1. The molecular formula is C47H58ClN5O8S2Si. The second-order valence-electron chi connectivity index (χ2n) is 18.0. The van der Waals surface area contributed by atoms with Crippen LogP contribution in [0.5, 0.6) is 11.5 Å². The number of benzene rings is 2. The number of ether oxygens (including phenoxy) is 2. The molecule has 1 fully saturated rings. The van der Waals surface area contributed by atoms with E-state index >= 15 is 0 Å². The number of hydrogen-bond acceptors (Lipinski definition) is 13. The van der Waals surface area contributed by atoms with Gasteiger partial charge in [0.2, 0.25) is 22.9 Å². The van der Waals surface area contributed by atoms with Crippen molar-refractivity contribution in [2.24, 2.45) is 0 Å². The van der Waals surface area contributed by atoms with Crippen molar-refractivity contribution in [1.82, 2.24) is 25.3 Å². The Labute approximate surface area is 387 Å². The monoisotopic (exact) mass is 947 g/mol. The van der Waals surface area contributed by atoms with E-state index in [4.69, 9.17) is 35.0 Å². The Balaban J connectivity index is 0.947. The zero-order valence-electron chi connectivity index (χ0n) is 37.4. The third-order valence-electron chi connectivity index (χ3n) is 12.8. The summed E-state index contributed by atoms with van der Waals surface area (Å²) in [6.07, 6.45) is 4.23. The van der Waals surface area contributed by atoms with Gasteiger partial charge in [0.15, 0.2) is 8.32 Å². The summed E-state index contributed by atoms with van der Waals surface area (Å²) in [5.74, 6) is 0.532. The van der Waals surface area contributed by atoms with Crippen LogP contribution in [-0.2, 0) is 32.5 Å². The van der Waals surface area contributed by atoms with Gasteiger partial charge in [-0.15, -0.1) is 22.7 Å². The molecule has 6 aromatic rings. The number of aromatic hydroxyl groups is 1. The number of phenolic OH excluding ortho intramolecular Hbond substituents is 1. The van der Waals surface area contributed by atoms with Crippen LogP contribution in [0.15, 0.2) is 80.7 Å². The number of rotatable bonds is 19. The van der Waals surface area contributed by atoms with E-state index in [1.807, 2.05) is 53.2 Å². The lowest BCUT2D eigenvalue weighted by Gasteiger charge is -2.39. The zero-order chi connectivity index (χ0) is 45.8. The van der Waals surface area contributed by atoms with Crippen molar-refractivity contribution in [3.05, 3.63) is 114 Å². The van der Waals surface area contributed by atoms with Gasteiger partial charge in [0, 0.05) is 48.1 Å². The van der Waals surface area contributed by atoms with Gasteiger partial charge >= 0.3 is 5.97 Å². The fraction of sp³-hybridized carbons (Fsp3) is 0.447. The molecule has 0 radical (unpaired) electrons. The summed E-state index contributed by atoms with van der Waals surface area (Å²) < 4.78 is 25.1. The second-order valence-corrected chi connectivity index (χ2v) is 25.1. The summed E-state index contributed by atoms with van der Waals surface area (Å²) >= 11 is 9.72. The third kappa shape index (κ3) is 10.3. The number of aromatic nitrogens is 3. The lowest BCUT2D eigenvalue weighted by atomic mass is 9.90. The molecule has 0 spiro atoms. The van der Waals surface area contributed by atoms with Crippen molar-refractivity contribution >= 4 is 59.5 Å². The summed E-state index contributed by atoms with van der Waals surface area (Å²) in [4.78, 5) is 36.2. The molecule has 0 amide bonds. The summed E-state index contributed by atoms with van der Waals surface area (Å²) in [7, 11) is 1.47. The average Bonchev–Trinajstić information content (AvgIpc) is 4.08. The number of aromatic amines is 1. The standard InChI is InChI=1S/C47H58ClN5O8S2Si/c1-46(2,3)64(6,7)61-38(32-18-20-36(54)43-33(32)19-21-41(55)50-43)28-49-27-29-25-35(48)34(26-37(29)58-5)44-51-42(60-52-44)13-8-22-53(4)30-14-16-31(17-15-30)59-47(45(56)57,39-11-9-23-62-39)40-12-10-24-63-40/h9-12,18-21,23-26,30-31,38,49,54H,8,13-17,22,27-28H2,1-7H3,(H,50,55)(H,56,57)/t30-,31-,38-/m0/s1. The zero-order valence-corrected chi connectivity index (χ0v) is 40.8. The number of nitrogens with zero attached hydrogens (tertiary/aromatic N) is 3. The number of halogens is 1. The van der Waals surface area contributed by atoms with Crippen LogP contribution in [0.3, 0.4) is 0 Å². The van der Waals surface area contributed by atoms with Crippen molar-refractivity contribution in [1.29, 1.82) is 0 Å². The van der Waals surface area contributed by atoms with Crippen LogP contribution in [0.1, 0.15) is 85.8 Å². The quantitative estimate of drug-likeness (QED) is 0.0567. The molecule has 2 aromatic carbocycles. The Bertz CT molecular complexity index is 2530. The average molecular weight is 949 g/mol. The first-order valence-electron chi connectivity index (χ1n) is 21.6. The topological polar surface area (TPSA) is 172 Å². The number of methoxy groups -OCH3 is 1. The minimum atomic E-state index is -2.28. The van der Waals surface area contributed by atoms with Gasteiger partial charge in [-0.2, -0.15) is 4.98 Å². The number of hydrogen-bond donors (Lipinski definition) is 4. The molecule has 0 aliphatic heterocycles. The van der Waals surface area contributed by atoms with Crippen molar-refractivity contribution in [3.63, 3.8) is 0 Å². The molecule has 1 saturated carbocycles. The lowest BCUT2D eigenvalue weighted by molar-refractivity contribution is -0.170. The fourth-order valence-electron chi connectivity index (χ4n) is 8.16. The van der Waals surface area contributed by atoms with Gasteiger partial charge in [0.1, 0.15) is 11.5 Å². The second kappa shape index (κ2) is 20.0. The maximum absolute atomic E-state index is 12.9. The molecule has 17 heteroatoms. The van der Waals surface area contributed by atoms with Crippen molar-refractivity contribution in [2.45, 2.75) is 108 Å². The van der Waals surface area contributed by atoms with Crippen LogP contribution >= 0.6 is 34.3 Å². The first kappa shape index (κ1) is 47.6. The Kier molecular flexibility index (Phi) is 14.9. The number of nitrogens with one attached hydrogen (secondary N) is 2. The normalized spacial score (nSPS) is 16.7. The van der Waals surface area contributed by atoms with Gasteiger partial charge in [-0.3, -0.25) is 4.79 Å². The van der Waals surface area contributed by atoms with E-state index in [0.29, 0.717) is 68.9 Å². The van der Waals surface area contributed by atoms with E-state index in [1.54, 1.807) is 19.2 Å². The van der Waals surface area contributed by atoms with Crippen molar-refractivity contribution < 1.29 is 33.4 Å². The Hall–Kier alpha value is -4.39. The molecule has 4 heterocycles. The van der Waals surface area contributed by atoms with E-state index < -0.39 is 19.9 Å². The Morgan fingerprint density at radius 1 is 1.06 bits per heavy atom. The molecular weight excluding hydrogens is 890 g/mol. The van der Waals surface area contributed by atoms with Crippen LogP contribution < -0.4 is 15.6 Å². The number of fused-ring (bicyclic) bond motifs is 1. The predicted molar refractivity (Wildman–Crippen MR) is 255 cm³/mol. The number of phenols is 1. The van der Waals surface area contributed by atoms with E-state index in [0.717, 1.165) is 55.2 Å². The first-order valence-corrected chi connectivity index (χ1v) is 26.7. The molecule has 0 unspecified atom stereocenters. The third-order valence-corrected chi connectivity index (χ3v) is 19.5. The SMILES string of the molecule is COc1cc(-c2noc(CCCN(C)[C@H]3CC[C@H](OC(C(=O)O)(c4cccs4)c4cccs4)CC3)n2)c(Cl)cc1CNC[C@H](O[Si](C)(C)C(C)(C)C)c1ccc(O)c2[nH]c(=O)ccc12. The van der Waals surface area contributed by atoms with Crippen LogP contribution in [0, 0.1) is 0 Å². The minimum Gasteiger partial charge on any atom is -0.506 e. The lowest BCUT2D eigenvalue weighted by Crippen LogP contribution is -2.44. The van der Waals surface area contributed by atoms with Crippen LogP contribution in [0.25, 0.3) is 22.3 Å². The van der Waals surface area contributed by atoms with Crippen LogP contribution in [-0.4, -0.2) is 83.9 Å². The number of pyridine rings is 1. The van der Waals surface area contributed by atoms with Gasteiger partial charge in [-0.25, -0.2) is 4.79 Å². The number of carboxylic acid groups (broad SMARTS) is 1. The number of aliphatic carboxylic acids is 1. The molecule has 4 aromatic heterocycles. The van der Waals surface area contributed by atoms with Gasteiger partial charge in [-0.1, -0.05) is 55.7 Å². The fourth-order valence-corrected chi connectivity index (χ4v) is 11.5. The molecule has 0 bridgehead atoms. The Morgan fingerprint density at radius 3 is 2.39 bits per heavy atom. The van der Waals surface area contributed by atoms with Gasteiger partial charge in [0.25, 0.3) is 0 Å². The van der Waals surface area contributed by atoms with Crippen molar-refractivity contribution in [3.8, 4) is 22.9 Å². The van der Waals surface area contributed by atoms with Gasteiger partial charge in [-0.05, 0) is 117 Å². The highest BCUT2D eigenvalue weighted by Gasteiger charge is 2.48. The van der Waals surface area contributed by atoms with Gasteiger partial charge in [0.05, 0.1) is 39.6 Å². The van der Waals surface area contributed by atoms with Crippen LogP contribution in [0.4, 0.5) is 0 Å². The highest BCUT2D eigenvalue weighted by Crippen LogP contribution is 2.44.